The van der Waals surface area contributed by atoms with Crippen LogP contribution in [0, 0.1) is 13.8 Å². The fourth-order valence-electron chi connectivity index (χ4n) is 2.04. The third-order valence-corrected chi connectivity index (χ3v) is 4.30. The van der Waals surface area contributed by atoms with Crippen molar-refractivity contribution in [1.82, 2.24) is 0 Å². The first-order valence-electron chi connectivity index (χ1n) is 6.28. The third-order valence-electron chi connectivity index (χ3n) is 3.05. The van der Waals surface area contributed by atoms with Crippen LogP contribution in [0.3, 0.4) is 0 Å². The highest BCUT2D eigenvalue weighted by Crippen LogP contribution is 2.32. The molecule has 0 heterocycles. The second-order valence-corrected chi connectivity index (χ2v) is 5.59. The van der Waals surface area contributed by atoms with E-state index in [-0.39, 0.29) is 6.04 Å². The van der Waals surface area contributed by atoms with Crippen LogP contribution < -0.4 is 10.5 Å². The Morgan fingerprint density at radius 1 is 1.11 bits per heavy atom. The number of ether oxygens (including phenoxy) is 1. The number of rotatable bonds is 3. The molecule has 3 heteroatoms. The molecule has 2 rings (SSSR count). The van der Waals surface area contributed by atoms with Gasteiger partial charge >= 0.3 is 0 Å². The summed E-state index contributed by atoms with van der Waals surface area (Å²) in [7, 11) is 0. The van der Waals surface area contributed by atoms with Crippen molar-refractivity contribution in [2.75, 3.05) is 0 Å². The first-order valence-corrected chi connectivity index (χ1v) is 7.07. The average molecular weight is 320 g/mol. The van der Waals surface area contributed by atoms with Gasteiger partial charge in [-0.3, -0.25) is 0 Å². The fraction of sp³-hybridized carbons (Fsp3) is 0.250. The van der Waals surface area contributed by atoms with Crippen molar-refractivity contribution in [3.8, 4) is 11.5 Å². The Morgan fingerprint density at radius 2 is 1.68 bits per heavy atom. The first-order chi connectivity index (χ1) is 8.99. The van der Waals surface area contributed by atoms with Gasteiger partial charge in [-0.25, -0.2) is 0 Å². The van der Waals surface area contributed by atoms with E-state index in [1.807, 2.05) is 43.3 Å². The van der Waals surface area contributed by atoms with Gasteiger partial charge < -0.3 is 10.5 Å². The molecule has 0 fully saturated rings. The van der Waals surface area contributed by atoms with Gasteiger partial charge in [-0.05, 0) is 50.1 Å². The molecule has 0 amide bonds. The summed E-state index contributed by atoms with van der Waals surface area (Å²) in [5.74, 6) is 1.66. The van der Waals surface area contributed by atoms with Crippen molar-refractivity contribution >= 4 is 15.9 Å². The minimum atomic E-state index is -0.0474. The zero-order chi connectivity index (χ0) is 14.0. The Kier molecular flexibility index (Phi) is 4.27. The first kappa shape index (κ1) is 14.1. The highest BCUT2D eigenvalue weighted by atomic mass is 79.9. The number of hydrogen-bond acceptors (Lipinski definition) is 2. The molecule has 2 aromatic carbocycles. The van der Waals surface area contributed by atoms with Gasteiger partial charge in [0.05, 0.1) is 0 Å². The zero-order valence-corrected chi connectivity index (χ0v) is 13.0. The van der Waals surface area contributed by atoms with Crippen molar-refractivity contribution in [1.29, 1.82) is 0 Å². The average Bonchev–Trinajstić information content (AvgIpc) is 2.36. The normalized spacial score (nSPS) is 12.3. The predicted molar refractivity (Wildman–Crippen MR) is 82.7 cm³/mol. The summed E-state index contributed by atoms with van der Waals surface area (Å²) < 4.78 is 7.11. The highest BCUT2D eigenvalue weighted by molar-refractivity contribution is 9.10. The molecule has 0 saturated carbocycles. The third kappa shape index (κ3) is 3.17. The maximum absolute atomic E-state index is 5.99. The molecule has 0 aliphatic heterocycles. The molecular formula is C16H18BrNO. The van der Waals surface area contributed by atoms with E-state index in [1.165, 1.54) is 0 Å². The van der Waals surface area contributed by atoms with E-state index in [9.17, 15) is 0 Å². The summed E-state index contributed by atoms with van der Waals surface area (Å²) in [4.78, 5) is 0. The number of nitrogens with two attached hydrogens (primary N) is 1. The van der Waals surface area contributed by atoms with E-state index >= 15 is 0 Å². The molecule has 0 radical (unpaired) electrons. The van der Waals surface area contributed by atoms with Crippen LogP contribution in [0.5, 0.6) is 11.5 Å². The molecule has 0 bridgehead atoms. The van der Waals surface area contributed by atoms with Gasteiger partial charge in [-0.1, -0.05) is 34.1 Å². The molecule has 1 atom stereocenters. The van der Waals surface area contributed by atoms with Crippen LogP contribution in [-0.2, 0) is 0 Å². The monoisotopic (exact) mass is 319 g/mol. The Hall–Kier alpha value is -1.32. The smallest absolute Gasteiger partial charge is 0.132 e. The van der Waals surface area contributed by atoms with Gasteiger partial charge in [0.15, 0.2) is 0 Å². The summed E-state index contributed by atoms with van der Waals surface area (Å²) in [6.45, 7) is 6.07. The minimum Gasteiger partial charge on any atom is -0.457 e. The lowest BCUT2D eigenvalue weighted by molar-refractivity contribution is 0.471. The van der Waals surface area contributed by atoms with Gasteiger partial charge in [0.2, 0.25) is 0 Å². The lowest BCUT2D eigenvalue weighted by Gasteiger charge is -2.15. The number of aryl methyl sites for hydroxylation is 2. The molecule has 0 aliphatic carbocycles. The molecule has 0 unspecified atom stereocenters. The standard InChI is InChI=1S/C16H18BrNO/c1-10-8-13(9-11(2)16(10)17)19-15-7-5-4-6-14(15)12(3)18/h4-9,12H,18H2,1-3H3/t12-/m0/s1. The fourth-order valence-corrected chi connectivity index (χ4v) is 2.27. The maximum Gasteiger partial charge on any atom is 0.132 e. The molecule has 2 N–H and O–H groups in total. The summed E-state index contributed by atoms with van der Waals surface area (Å²) in [5, 5.41) is 0. The summed E-state index contributed by atoms with van der Waals surface area (Å²) >= 11 is 3.56. The van der Waals surface area contributed by atoms with Crippen molar-refractivity contribution in [3.05, 3.63) is 57.6 Å². The largest absolute Gasteiger partial charge is 0.457 e. The van der Waals surface area contributed by atoms with Crippen LogP contribution in [0.25, 0.3) is 0 Å². The molecule has 100 valence electrons. The van der Waals surface area contributed by atoms with Crippen LogP contribution in [0.1, 0.15) is 29.7 Å². The van der Waals surface area contributed by atoms with Gasteiger partial charge in [0.25, 0.3) is 0 Å². The Balaban J connectivity index is 2.37. The van der Waals surface area contributed by atoms with E-state index in [0.29, 0.717) is 0 Å². The highest BCUT2D eigenvalue weighted by Gasteiger charge is 2.09. The molecule has 2 nitrogen and oxygen atoms in total. The van der Waals surface area contributed by atoms with Crippen LogP contribution in [0.4, 0.5) is 0 Å². The van der Waals surface area contributed by atoms with Crippen LogP contribution in [0.15, 0.2) is 40.9 Å². The second-order valence-electron chi connectivity index (χ2n) is 4.80. The lowest BCUT2D eigenvalue weighted by Crippen LogP contribution is -2.06. The van der Waals surface area contributed by atoms with Crippen LogP contribution in [0.2, 0.25) is 0 Å². The number of benzene rings is 2. The molecule has 0 aromatic heterocycles. The van der Waals surface area contributed by atoms with Gasteiger partial charge in [-0.2, -0.15) is 0 Å². The zero-order valence-electron chi connectivity index (χ0n) is 11.4. The van der Waals surface area contributed by atoms with E-state index in [0.717, 1.165) is 32.7 Å². The number of hydrogen-bond donors (Lipinski definition) is 1. The van der Waals surface area contributed by atoms with Crippen LogP contribution in [-0.4, -0.2) is 0 Å². The quantitative estimate of drug-likeness (QED) is 0.875. The van der Waals surface area contributed by atoms with Crippen molar-refractivity contribution in [2.45, 2.75) is 26.8 Å². The molecule has 19 heavy (non-hydrogen) atoms. The Morgan fingerprint density at radius 3 is 2.26 bits per heavy atom. The Bertz CT molecular complexity index is 570. The topological polar surface area (TPSA) is 35.2 Å². The molecule has 2 aromatic rings. The maximum atomic E-state index is 5.99. The van der Waals surface area contributed by atoms with Gasteiger partial charge in [0, 0.05) is 16.1 Å². The lowest BCUT2D eigenvalue weighted by atomic mass is 10.1. The molecule has 0 saturated heterocycles. The summed E-state index contributed by atoms with van der Waals surface area (Å²) in [5.41, 5.74) is 9.30. The van der Waals surface area contributed by atoms with Gasteiger partial charge in [-0.15, -0.1) is 0 Å². The van der Waals surface area contributed by atoms with Crippen molar-refractivity contribution in [2.24, 2.45) is 5.73 Å². The molecule has 0 spiro atoms. The van der Waals surface area contributed by atoms with E-state index in [4.69, 9.17) is 10.5 Å². The summed E-state index contributed by atoms with van der Waals surface area (Å²) in [6, 6.07) is 11.9. The van der Waals surface area contributed by atoms with E-state index < -0.39 is 0 Å². The van der Waals surface area contributed by atoms with E-state index in [2.05, 4.69) is 29.8 Å². The molecule has 0 aliphatic rings. The van der Waals surface area contributed by atoms with E-state index in [1.54, 1.807) is 0 Å². The molecular weight excluding hydrogens is 302 g/mol. The second kappa shape index (κ2) is 5.76. The van der Waals surface area contributed by atoms with Crippen molar-refractivity contribution in [3.63, 3.8) is 0 Å². The number of halogens is 1. The van der Waals surface area contributed by atoms with Crippen molar-refractivity contribution < 1.29 is 4.74 Å². The number of para-hydroxylation sites is 1. The summed E-state index contributed by atoms with van der Waals surface area (Å²) in [6.07, 6.45) is 0. The van der Waals surface area contributed by atoms with Crippen LogP contribution >= 0.6 is 15.9 Å². The van der Waals surface area contributed by atoms with Gasteiger partial charge in [0.1, 0.15) is 11.5 Å². The SMILES string of the molecule is Cc1cc(Oc2ccccc2[C@H](C)N)cc(C)c1Br. The predicted octanol–water partition coefficient (Wildman–Crippen LogP) is 4.88. The minimum absolute atomic E-state index is 0.0474. The Labute approximate surface area is 122 Å².